The Morgan fingerprint density at radius 3 is 2.70 bits per heavy atom. The van der Waals surface area contributed by atoms with Crippen LogP contribution >= 0.6 is 0 Å². The van der Waals surface area contributed by atoms with Gasteiger partial charge in [0.2, 0.25) is 11.7 Å². The maximum atomic E-state index is 13.4. The Bertz CT molecular complexity index is 1060. The van der Waals surface area contributed by atoms with Crippen molar-refractivity contribution in [3.8, 4) is 11.4 Å². The summed E-state index contributed by atoms with van der Waals surface area (Å²) in [6.45, 7) is -0.0265. The van der Waals surface area contributed by atoms with Crippen molar-refractivity contribution in [3.63, 3.8) is 0 Å². The average molecular weight is 408 g/mol. The predicted molar refractivity (Wildman–Crippen MR) is 108 cm³/mol. The van der Waals surface area contributed by atoms with Gasteiger partial charge >= 0.3 is 0 Å². The quantitative estimate of drug-likeness (QED) is 0.653. The number of amides is 2. The SMILES string of the molecule is O=C(Cn1nnc(-c2ccccc2NC(=O)c2cccc(F)c2)n1)NC1CCCC1. The van der Waals surface area contributed by atoms with E-state index in [2.05, 4.69) is 26.0 Å². The smallest absolute Gasteiger partial charge is 0.255 e. The van der Waals surface area contributed by atoms with Crippen LogP contribution in [0, 0.1) is 5.82 Å². The summed E-state index contributed by atoms with van der Waals surface area (Å²) in [7, 11) is 0. The molecular weight excluding hydrogens is 387 g/mol. The number of tetrazole rings is 1. The van der Waals surface area contributed by atoms with Crippen LogP contribution in [0.4, 0.5) is 10.1 Å². The van der Waals surface area contributed by atoms with Crippen LogP contribution in [-0.4, -0.2) is 38.1 Å². The van der Waals surface area contributed by atoms with Crippen LogP contribution < -0.4 is 10.6 Å². The Kier molecular flexibility index (Phi) is 5.78. The second-order valence-corrected chi connectivity index (χ2v) is 7.20. The molecule has 0 spiro atoms. The molecule has 3 aromatic rings. The molecule has 8 nitrogen and oxygen atoms in total. The maximum Gasteiger partial charge on any atom is 0.255 e. The van der Waals surface area contributed by atoms with Crippen molar-refractivity contribution in [2.24, 2.45) is 0 Å². The molecule has 9 heteroatoms. The lowest BCUT2D eigenvalue weighted by Gasteiger charge is -2.10. The predicted octanol–water partition coefficient (Wildman–Crippen LogP) is 2.79. The normalized spacial score (nSPS) is 13.9. The molecule has 0 aliphatic heterocycles. The molecule has 1 aliphatic carbocycles. The molecule has 154 valence electrons. The van der Waals surface area contributed by atoms with Gasteiger partial charge in [-0.2, -0.15) is 4.80 Å². The lowest BCUT2D eigenvalue weighted by Crippen LogP contribution is -2.35. The monoisotopic (exact) mass is 408 g/mol. The molecule has 1 aliphatic rings. The van der Waals surface area contributed by atoms with Crippen LogP contribution in [0.15, 0.2) is 48.5 Å². The molecular formula is C21H21FN6O2. The van der Waals surface area contributed by atoms with Crippen LogP contribution in [0.3, 0.4) is 0 Å². The van der Waals surface area contributed by atoms with Crippen LogP contribution in [0.5, 0.6) is 0 Å². The number of anilines is 1. The summed E-state index contributed by atoms with van der Waals surface area (Å²) in [5, 5.41) is 18.0. The van der Waals surface area contributed by atoms with Gasteiger partial charge in [0.1, 0.15) is 12.4 Å². The van der Waals surface area contributed by atoms with E-state index in [1.807, 2.05) is 0 Å². The van der Waals surface area contributed by atoms with Crippen LogP contribution in [0.1, 0.15) is 36.0 Å². The number of benzene rings is 2. The third-order valence-electron chi connectivity index (χ3n) is 4.96. The highest BCUT2D eigenvalue weighted by Gasteiger charge is 2.19. The van der Waals surface area contributed by atoms with Crippen molar-refractivity contribution in [2.75, 3.05) is 5.32 Å². The summed E-state index contributed by atoms with van der Waals surface area (Å²) in [6, 6.07) is 12.6. The molecule has 0 radical (unpaired) electrons. The first kappa shape index (κ1) is 19.7. The number of hydrogen-bond acceptors (Lipinski definition) is 5. The molecule has 2 amide bonds. The van der Waals surface area contributed by atoms with Crippen molar-refractivity contribution < 1.29 is 14.0 Å². The Morgan fingerprint density at radius 1 is 1.10 bits per heavy atom. The van der Waals surface area contributed by atoms with E-state index >= 15 is 0 Å². The first-order chi connectivity index (χ1) is 14.6. The van der Waals surface area contributed by atoms with Crippen molar-refractivity contribution in [1.82, 2.24) is 25.5 Å². The van der Waals surface area contributed by atoms with E-state index in [4.69, 9.17) is 0 Å². The number of rotatable bonds is 6. The summed E-state index contributed by atoms with van der Waals surface area (Å²) in [5.74, 6) is -0.820. The highest BCUT2D eigenvalue weighted by molar-refractivity contribution is 6.06. The zero-order chi connectivity index (χ0) is 20.9. The number of hydrogen-bond donors (Lipinski definition) is 2. The average Bonchev–Trinajstić information content (AvgIpc) is 3.40. The summed E-state index contributed by atoms with van der Waals surface area (Å²) >= 11 is 0. The molecule has 30 heavy (non-hydrogen) atoms. The van der Waals surface area contributed by atoms with Gasteiger partial charge in [-0.25, -0.2) is 4.39 Å². The van der Waals surface area contributed by atoms with E-state index in [0.29, 0.717) is 11.3 Å². The fourth-order valence-corrected chi connectivity index (χ4v) is 3.50. The second kappa shape index (κ2) is 8.81. The molecule has 4 rings (SSSR count). The molecule has 0 atom stereocenters. The minimum absolute atomic E-state index is 0.0265. The standard InChI is InChI=1S/C21H21FN6O2/c22-15-7-5-6-14(12-15)21(30)24-18-11-4-3-10-17(18)20-25-27-28(26-20)13-19(29)23-16-8-1-2-9-16/h3-7,10-12,16H,1-2,8-9,13H2,(H,23,29)(H,24,30). The number of nitrogens with zero attached hydrogens (tertiary/aromatic N) is 4. The van der Waals surface area contributed by atoms with Gasteiger partial charge in [0.05, 0.1) is 5.69 Å². The van der Waals surface area contributed by atoms with Crippen LogP contribution in [0.25, 0.3) is 11.4 Å². The van der Waals surface area contributed by atoms with Crippen LogP contribution in [0.2, 0.25) is 0 Å². The van der Waals surface area contributed by atoms with E-state index < -0.39 is 11.7 Å². The van der Waals surface area contributed by atoms with E-state index in [1.54, 1.807) is 24.3 Å². The van der Waals surface area contributed by atoms with Gasteiger partial charge in [0.15, 0.2) is 0 Å². The zero-order valence-electron chi connectivity index (χ0n) is 16.2. The first-order valence-corrected chi connectivity index (χ1v) is 9.82. The maximum absolute atomic E-state index is 13.4. The minimum atomic E-state index is -0.489. The molecule has 1 heterocycles. The minimum Gasteiger partial charge on any atom is -0.352 e. The molecule has 0 saturated heterocycles. The van der Waals surface area contributed by atoms with Gasteiger partial charge in [0, 0.05) is 17.2 Å². The van der Waals surface area contributed by atoms with E-state index in [1.165, 1.54) is 23.0 Å². The Balaban J connectivity index is 1.47. The summed E-state index contributed by atoms with van der Waals surface area (Å²) in [5.41, 5.74) is 1.21. The molecule has 0 bridgehead atoms. The van der Waals surface area contributed by atoms with Gasteiger partial charge in [-0.05, 0) is 48.4 Å². The molecule has 0 unspecified atom stereocenters. The number of nitrogens with one attached hydrogen (secondary N) is 2. The largest absolute Gasteiger partial charge is 0.352 e. The zero-order valence-corrected chi connectivity index (χ0v) is 16.2. The van der Waals surface area contributed by atoms with Crippen molar-refractivity contribution in [2.45, 2.75) is 38.3 Å². The van der Waals surface area contributed by atoms with Gasteiger partial charge < -0.3 is 10.6 Å². The van der Waals surface area contributed by atoms with E-state index in [0.717, 1.165) is 31.7 Å². The number of carbonyl (C=O) groups is 2. The fraction of sp³-hybridized carbons (Fsp3) is 0.286. The lowest BCUT2D eigenvalue weighted by molar-refractivity contribution is -0.122. The van der Waals surface area contributed by atoms with Gasteiger partial charge in [-0.15, -0.1) is 10.2 Å². The lowest BCUT2D eigenvalue weighted by atomic mass is 10.1. The number of halogens is 1. The van der Waals surface area contributed by atoms with E-state index in [-0.39, 0.29) is 29.9 Å². The molecule has 2 N–H and O–H groups in total. The van der Waals surface area contributed by atoms with Crippen LogP contribution in [-0.2, 0) is 11.3 Å². The Morgan fingerprint density at radius 2 is 1.90 bits per heavy atom. The van der Waals surface area contributed by atoms with Crippen molar-refractivity contribution in [1.29, 1.82) is 0 Å². The Labute approximate surface area is 172 Å². The van der Waals surface area contributed by atoms with Gasteiger partial charge in [-0.3, -0.25) is 9.59 Å². The summed E-state index contributed by atoms with van der Waals surface area (Å²) < 4.78 is 13.4. The number of aromatic nitrogens is 4. The fourth-order valence-electron chi connectivity index (χ4n) is 3.50. The third kappa shape index (κ3) is 4.68. The van der Waals surface area contributed by atoms with Crippen molar-refractivity contribution in [3.05, 3.63) is 59.9 Å². The second-order valence-electron chi connectivity index (χ2n) is 7.20. The Hall–Kier alpha value is -3.62. The van der Waals surface area contributed by atoms with E-state index in [9.17, 15) is 14.0 Å². The highest BCUT2D eigenvalue weighted by atomic mass is 19.1. The molecule has 1 saturated carbocycles. The summed E-state index contributed by atoms with van der Waals surface area (Å²) in [6.07, 6.45) is 4.27. The molecule has 1 aromatic heterocycles. The molecule has 2 aromatic carbocycles. The van der Waals surface area contributed by atoms with Gasteiger partial charge in [0.25, 0.3) is 5.91 Å². The highest BCUT2D eigenvalue weighted by Crippen LogP contribution is 2.25. The third-order valence-corrected chi connectivity index (χ3v) is 4.96. The topological polar surface area (TPSA) is 102 Å². The number of para-hydroxylation sites is 1. The van der Waals surface area contributed by atoms with Gasteiger partial charge in [-0.1, -0.05) is 31.0 Å². The first-order valence-electron chi connectivity index (χ1n) is 9.82. The number of carbonyl (C=O) groups excluding carboxylic acids is 2. The molecule has 1 fully saturated rings. The van der Waals surface area contributed by atoms with Crippen molar-refractivity contribution >= 4 is 17.5 Å². The summed E-state index contributed by atoms with van der Waals surface area (Å²) in [4.78, 5) is 25.9.